The van der Waals surface area contributed by atoms with Gasteiger partial charge in [-0.3, -0.25) is 4.79 Å². The molecule has 0 radical (unpaired) electrons. The Hall–Kier alpha value is -1.33. The molecule has 84 valence electrons. The van der Waals surface area contributed by atoms with E-state index >= 15 is 0 Å². The fraction of sp³-hybridized carbons (Fsp3) is 0.200. The lowest BCUT2D eigenvalue weighted by Crippen LogP contribution is -2.08. The number of rotatable bonds is 3. The fourth-order valence-electron chi connectivity index (χ4n) is 1.38. The Morgan fingerprint density at radius 3 is 2.94 bits per heavy atom. The van der Waals surface area contributed by atoms with Crippen LogP contribution in [0.4, 0.5) is 0 Å². The van der Waals surface area contributed by atoms with E-state index in [0.717, 1.165) is 10.6 Å². The zero-order valence-corrected chi connectivity index (χ0v) is 10.0. The first-order chi connectivity index (χ1) is 7.56. The summed E-state index contributed by atoms with van der Waals surface area (Å²) in [6, 6.07) is 3.67. The lowest BCUT2D eigenvalue weighted by molar-refractivity contribution is -0.137. The first-order valence-corrected chi connectivity index (χ1v) is 5.77. The van der Waals surface area contributed by atoms with Crippen molar-refractivity contribution in [3.8, 4) is 10.6 Å². The van der Waals surface area contributed by atoms with Crippen LogP contribution in [0.25, 0.3) is 10.6 Å². The molecule has 0 saturated heterocycles. The normalized spacial score (nSPS) is 10.6. The second kappa shape index (κ2) is 4.27. The number of aromatic nitrogens is 2. The molecular formula is C10H9ClN2O2S. The summed E-state index contributed by atoms with van der Waals surface area (Å²) >= 11 is 7.25. The standard InChI is InChI=1S/C10H9ClN2O2S/c1-6-12-7(4-13(6)5-10(14)15)8-2-3-9(11)16-8/h2-4H,5H2,1H3,(H,14,15). The van der Waals surface area contributed by atoms with Crippen LogP contribution >= 0.6 is 22.9 Å². The molecule has 0 atom stereocenters. The molecule has 4 nitrogen and oxygen atoms in total. The Morgan fingerprint density at radius 2 is 2.38 bits per heavy atom. The molecule has 0 fully saturated rings. The fourth-order valence-corrected chi connectivity index (χ4v) is 2.38. The molecular weight excluding hydrogens is 248 g/mol. The number of hydrogen-bond donors (Lipinski definition) is 1. The highest BCUT2D eigenvalue weighted by Crippen LogP contribution is 2.30. The van der Waals surface area contributed by atoms with Crippen molar-refractivity contribution in [3.63, 3.8) is 0 Å². The molecule has 0 saturated carbocycles. The molecule has 6 heteroatoms. The van der Waals surface area contributed by atoms with Crippen LogP contribution in [0.1, 0.15) is 5.82 Å². The van der Waals surface area contributed by atoms with Crippen molar-refractivity contribution in [1.29, 1.82) is 0 Å². The highest BCUT2D eigenvalue weighted by atomic mass is 35.5. The maximum Gasteiger partial charge on any atom is 0.323 e. The number of carboxylic acid groups (broad SMARTS) is 1. The van der Waals surface area contributed by atoms with E-state index in [1.807, 2.05) is 6.07 Å². The van der Waals surface area contributed by atoms with Crippen LogP contribution in [0.15, 0.2) is 18.3 Å². The second-order valence-electron chi connectivity index (χ2n) is 3.30. The zero-order chi connectivity index (χ0) is 11.7. The van der Waals surface area contributed by atoms with Crippen LogP contribution in [-0.4, -0.2) is 20.6 Å². The third-order valence-electron chi connectivity index (χ3n) is 2.11. The van der Waals surface area contributed by atoms with Crippen LogP contribution in [0.2, 0.25) is 4.34 Å². The molecule has 2 heterocycles. The number of hydrogen-bond acceptors (Lipinski definition) is 3. The van der Waals surface area contributed by atoms with Crippen LogP contribution in [0.5, 0.6) is 0 Å². The number of aryl methyl sites for hydroxylation is 1. The van der Waals surface area contributed by atoms with Crippen LogP contribution in [-0.2, 0) is 11.3 Å². The molecule has 0 aliphatic heterocycles. The van der Waals surface area contributed by atoms with Crippen molar-refractivity contribution in [2.45, 2.75) is 13.5 Å². The molecule has 2 aromatic rings. The van der Waals surface area contributed by atoms with E-state index in [0.29, 0.717) is 10.2 Å². The minimum atomic E-state index is -0.878. The predicted octanol–water partition coefficient (Wildman–Crippen LogP) is 2.66. The summed E-state index contributed by atoms with van der Waals surface area (Å²) in [7, 11) is 0. The van der Waals surface area contributed by atoms with Gasteiger partial charge >= 0.3 is 5.97 Å². The van der Waals surface area contributed by atoms with Crippen LogP contribution in [0.3, 0.4) is 0 Å². The summed E-state index contributed by atoms with van der Waals surface area (Å²) in [5, 5.41) is 8.71. The van der Waals surface area contributed by atoms with Gasteiger partial charge in [0.25, 0.3) is 0 Å². The number of aliphatic carboxylic acids is 1. The summed E-state index contributed by atoms with van der Waals surface area (Å²) in [5.74, 6) is -0.196. The van der Waals surface area contributed by atoms with E-state index in [9.17, 15) is 4.79 Å². The van der Waals surface area contributed by atoms with Crippen molar-refractivity contribution in [2.75, 3.05) is 0 Å². The highest BCUT2D eigenvalue weighted by molar-refractivity contribution is 7.19. The van der Waals surface area contributed by atoms with Gasteiger partial charge in [-0.1, -0.05) is 11.6 Å². The summed E-state index contributed by atoms with van der Waals surface area (Å²) in [5.41, 5.74) is 0.760. The Morgan fingerprint density at radius 1 is 1.62 bits per heavy atom. The Balaban J connectivity index is 2.33. The number of carboxylic acids is 1. The Bertz CT molecular complexity index is 533. The average Bonchev–Trinajstić information content (AvgIpc) is 2.74. The van der Waals surface area contributed by atoms with E-state index in [4.69, 9.17) is 16.7 Å². The first-order valence-electron chi connectivity index (χ1n) is 4.57. The van der Waals surface area contributed by atoms with Gasteiger partial charge in [-0.2, -0.15) is 0 Å². The van der Waals surface area contributed by atoms with E-state index in [1.165, 1.54) is 11.3 Å². The largest absolute Gasteiger partial charge is 0.480 e. The van der Waals surface area contributed by atoms with Crippen LogP contribution in [0, 0.1) is 6.92 Å². The number of nitrogens with zero attached hydrogens (tertiary/aromatic N) is 2. The van der Waals surface area contributed by atoms with Gasteiger partial charge in [0.2, 0.25) is 0 Å². The summed E-state index contributed by atoms with van der Waals surface area (Å²) < 4.78 is 2.30. The third-order valence-corrected chi connectivity index (χ3v) is 3.36. The molecule has 16 heavy (non-hydrogen) atoms. The number of carbonyl (C=O) groups is 1. The molecule has 0 spiro atoms. The van der Waals surface area contributed by atoms with E-state index in [2.05, 4.69) is 4.98 Å². The maximum atomic E-state index is 10.6. The van der Waals surface area contributed by atoms with Crippen molar-refractivity contribution in [3.05, 3.63) is 28.5 Å². The quantitative estimate of drug-likeness (QED) is 0.919. The van der Waals surface area contributed by atoms with Crippen molar-refractivity contribution >= 4 is 28.9 Å². The lowest BCUT2D eigenvalue weighted by Gasteiger charge is -1.97. The third kappa shape index (κ3) is 2.25. The zero-order valence-electron chi connectivity index (χ0n) is 8.48. The predicted molar refractivity (Wildman–Crippen MR) is 62.9 cm³/mol. The SMILES string of the molecule is Cc1nc(-c2ccc(Cl)s2)cn1CC(=O)O. The minimum absolute atomic E-state index is 0.0715. The Labute approximate surface area is 101 Å². The maximum absolute atomic E-state index is 10.6. The van der Waals surface area contributed by atoms with Crippen LogP contribution < -0.4 is 0 Å². The Kier molecular flexibility index (Phi) is 2.98. The van der Waals surface area contributed by atoms with Crippen molar-refractivity contribution < 1.29 is 9.90 Å². The van der Waals surface area contributed by atoms with Gasteiger partial charge in [0.15, 0.2) is 0 Å². The molecule has 0 amide bonds. The van der Waals surface area contributed by atoms with Gasteiger partial charge in [-0.15, -0.1) is 11.3 Å². The van der Waals surface area contributed by atoms with Crippen molar-refractivity contribution in [2.24, 2.45) is 0 Å². The van der Waals surface area contributed by atoms with Gasteiger partial charge in [0.1, 0.15) is 12.4 Å². The molecule has 0 aliphatic carbocycles. The summed E-state index contributed by atoms with van der Waals surface area (Å²) in [4.78, 5) is 15.8. The molecule has 0 unspecified atom stereocenters. The van der Waals surface area contributed by atoms with E-state index in [-0.39, 0.29) is 6.54 Å². The monoisotopic (exact) mass is 256 g/mol. The highest BCUT2D eigenvalue weighted by Gasteiger charge is 2.10. The molecule has 0 bridgehead atoms. The lowest BCUT2D eigenvalue weighted by atomic mass is 10.4. The average molecular weight is 257 g/mol. The first kappa shape index (κ1) is 11.2. The number of imidazole rings is 1. The second-order valence-corrected chi connectivity index (χ2v) is 5.01. The van der Waals surface area contributed by atoms with Crippen molar-refractivity contribution in [1.82, 2.24) is 9.55 Å². The molecule has 1 N–H and O–H groups in total. The van der Waals surface area contributed by atoms with Gasteiger partial charge in [-0.25, -0.2) is 4.98 Å². The molecule has 0 aromatic carbocycles. The number of halogens is 1. The molecule has 2 rings (SSSR count). The van der Waals surface area contributed by atoms with E-state index in [1.54, 1.807) is 23.8 Å². The van der Waals surface area contributed by atoms with E-state index < -0.39 is 5.97 Å². The summed E-state index contributed by atoms with van der Waals surface area (Å²) in [6.07, 6.45) is 1.73. The minimum Gasteiger partial charge on any atom is -0.480 e. The van der Waals surface area contributed by atoms with Gasteiger partial charge in [0, 0.05) is 6.20 Å². The van der Waals surface area contributed by atoms with Gasteiger partial charge in [0.05, 0.1) is 14.9 Å². The smallest absolute Gasteiger partial charge is 0.323 e. The molecule has 2 aromatic heterocycles. The number of thiophene rings is 1. The van der Waals surface area contributed by atoms with Gasteiger partial charge in [-0.05, 0) is 19.1 Å². The topological polar surface area (TPSA) is 55.1 Å². The van der Waals surface area contributed by atoms with Gasteiger partial charge < -0.3 is 9.67 Å². The molecule has 0 aliphatic rings. The summed E-state index contributed by atoms with van der Waals surface area (Å²) in [6.45, 7) is 1.71.